The number of nitrogens with two attached hydrogens (primary N) is 1. The van der Waals surface area contributed by atoms with Gasteiger partial charge in [0.25, 0.3) is 0 Å². The molecular weight excluding hydrogens is 382 g/mol. The Kier molecular flexibility index (Phi) is 7.02. The van der Waals surface area contributed by atoms with Crippen molar-refractivity contribution in [2.75, 3.05) is 6.26 Å². The van der Waals surface area contributed by atoms with E-state index in [1.807, 2.05) is 48.5 Å². The lowest BCUT2D eigenvalue weighted by Gasteiger charge is -2.14. The molecule has 0 aliphatic carbocycles. The highest BCUT2D eigenvalue weighted by atomic mass is 35.5. The lowest BCUT2D eigenvalue weighted by Crippen LogP contribution is -2.01. The maximum atomic E-state index is 11.7. The Labute approximate surface area is 166 Å². The minimum atomic E-state index is -3.22. The highest BCUT2D eigenvalue weighted by Gasteiger charge is 2.11. The summed E-state index contributed by atoms with van der Waals surface area (Å²) in [6.45, 7) is 0.873. The summed E-state index contributed by atoms with van der Waals surface area (Å²) in [5.74, 6) is 0.726. The third-order valence-corrected chi connectivity index (χ3v) is 5.24. The molecule has 6 heteroatoms. The first-order valence-corrected chi connectivity index (χ1v) is 10.2. The van der Waals surface area contributed by atoms with Gasteiger partial charge in [-0.1, -0.05) is 54.6 Å². The Hall–Kier alpha value is -2.34. The molecule has 0 saturated heterocycles. The van der Waals surface area contributed by atoms with Crippen LogP contribution in [0.4, 0.5) is 0 Å². The van der Waals surface area contributed by atoms with E-state index in [9.17, 15) is 8.42 Å². The van der Waals surface area contributed by atoms with Crippen LogP contribution in [-0.2, 0) is 23.0 Å². The Morgan fingerprint density at radius 3 is 2.15 bits per heavy atom. The first-order chi connectivity index (χ1) is 12.5. The van der Waals surface area contributed by atoms with Gasteiger partial charge in [-0.3, -0.25) is 0 Å². The molecule has 3 rings (SSSR count). The lowest BCUT2D eigenvalue weighted by molar-refractivity contribution is 0.307. The molecule has 2 N–H and O–H groups in total. The number of hydrogen-bond acceptors (Lipinski definition) is 4. The average Bonchev–Trinajstić information content (AvgIpc) is 2.66. The second-order valence-electron chi connectivity index (χ2n) is 6.11. The standard InChI is InChI=1S/C21H21NO3S.ClH/c1-26(23,24)19-10-8-18(9-11-19)20-12-7-17(14-22)13-21(20)25-15-16-5-3-2-4-6-16;/h2-13H,14-15,22H2,1H3;1H. The highest BCUT2D eigenvalue weighted by molar-refractivity contribution is 7.90. The monoisotopic (exact) mass is 403 g/mol. The van der Waals surface area contributed by atoms with E-state index >= 15 is 0 Å². The van der Waals surface area contributed by atoms with Gasteiger partial charge in [-0.25, -0.2) is 8.42 Å². The van der Waals surface area contributed by atoms with E-state index in [1.165, 1.54) is 6.26 Å². The molecule has 0 fully saturated rings. The van der Waals surface area contributed by atoms with Gasteiger partial charge in [-0.15, -0.1) is 12.4 Å². The number of hydrogen-bond donors (Lipinski definition) is 1. The highest BCUT2D eigenvalue weighted by Crippen LogP contribution is 2.32. The average molecular weight is 404 g/mol. The summed E-state index contributed by atoms with van der Waals surface area (Å²) in [5.41, 5.74) is 9.60. The molecule has 142 valence electrons. The fourth-order valence-corrected chi connectivity index (χ4v) is 3.30. The van der Waals surface area contributed by atoms with Crippen LogP contribution < -0.4 is 10.5 Å². The van der Waals surface area contributed by atoms with E-state index in [-0.39, 0.29) is 12.4 Å². The quantitative estimate of drug-likeness (QED) is 0.669. The van der Waals surface area contributed by atoms with E-state index in [4.69, 9.17) is 10.5 Å². The fraction of sp³-hybridized carbons (Fsp3) is 0.143. The molecule has 0 heterocycles. The van der Waals surface area contributed by atoms with Crippen molar-refractivity contribution < 1.29 is 13.2 Å². The van der Waals surface area contributed by atoms with Gasteiger partial charge in [0.15, 0.2) is 9.84 Å². The first-order valence-electron chi connectivity index (χ1n) is 8.27. The molecular formula is C21H22ClNO3S. The van der Waals surface area contributed by atoms with Crippen molar-refractivity contribution in [1.29, 1.82) is 0 Å². The van der Waals surface area contributed by atoms with Crippen molar-refractivity contribution in [3.63, 3.8) is 0 Å². The summed E-state index contributed by atoms with van der Waals surface area (Å²) in [7, 11) is -3.22. The topological polar surface area (TPSA) is 69.4 Å². The van der Waals surface area contributed by atoms with Crippen LogP contribution in [0.25, 0.3) is 11.1 Å². The Balaban J connectivity index is 0.00000261. The number of sulfone groups is 1. The van der Waals surface area contributed by atoms with Crippen LogP contribution >= 0.6 is 12.4 Å². The largest absolute Gasteiger partial charge is 0.488 e. The van der Waals surface area contributed by atoms with Crippen molar-refractivity contribution in [3.8, 4) is 16.9 Å². The second kappa shape index (κ2) is 9.04. The van der Waals surface area contributed by atoms with E-state index in [0.717, 1.165) is 28.0 Å². The van der Waals surface area contributed by atoms with Gasteiger partial charge >= 0.3 is 0 Å². The Morgan fingerprint density at radius 2 is 1.56 bits per heavy atom. The third kappa shape index (κ3) is 5.32. The van der Waals surface area contributed by atoms with Gasteiger partial charge in [0.2, 0.25) is 0 Å². The second-order valence-corrected chi connectivity index (χ2v) is 8.12. The minimum absolute atomic E-state index is 0. The normalized spacial score (nSPS) is 10.9. The van der Waals surface area contributed by atoms with Crippen LogP contribution in [0.5, 0.6) is 5.75 Å². The zero-order valence-corrected chi connectivity index (χ0v) is 16.6. The molecule has 4 nitrogen and oxygen atoms in total. The van der Waals surface area contributed by atoms with Crippen molar-refractivity contribution in [2.24, 2.45) is 5.73 Å². The van der Waals surface area contributed by atoms with Crippen molar-refractivity contribution in [1.82, 2.24) is 0 Å². The van der Waals surface area contributed by atoms with Crippen LogP contribution in [0.1, 0.15) is 11.1 Å². The van der Waals surface area contributed by atoms with Crippen LogP contribution in [-0.4, -0.2) is 14.7 Å². The molecule has 0 aliphatic heterocycles. The molecule has 0 saturated carbocycles. The van der Waals surface area contributed by atoms with Gasteiger partial charge in [0.1, 0.15) is 12.4 Å². The molecule has 0 atom stereocenters. The maximum absolute atomic E-state index is 11.7. The molecule has 0 bridgehead atoms. The molecule has 3 aromatic rings. The van der Waals surface area contributed by atoms with E-state index < -0.39 is 9.84 Å². The van der Waals surface area contributed by atoms with E-state index in [1.54, 1.807) is 24.3 Å². The van der Waals surface area contributed by atoms with E-state index in [2.05, 4.69) is 0 Å². The maximum Gasteiger partial charge on any atom is 0.175 e. The molecule has 0 radical (unpaired) electrons. The SMILES string of the molecule is CS(=O)(=O)c1ccc(-c2ccc(CN)cc2OCc2ccccc2)cc1.Cl. The smallest absolute Gasteiger partial charge is 0.175 e. The molecule has 27 heavy (non-hydrogen) atoms. The van der Waals surface area contributed by atoms with Gasteiger partial charge in [0, 0.05) is 18.4 Å². The molecule has 0 aromatic heterocycles. The van der Waals surface area contributed by atoms with Crippen molar-refractivity contribution >= 4 is 22.2 Å². The van der Waals surface area contributed by atoms with Gasteiger partial charge in [-0.2, -0.15) is 0 Å². The van der Waals surface area contributed by atoms with Crippen molar-refractivity contribution in [3.05, 3.63) is 83.9 Å². The van der Waals surface area contributed by atoms with Crippen LogP contribution in [0.2, 0.25) is 0 Å². The zero-order chi connectivity index (χ0) is 18.6. The van der Waals surface area contributed by atoms with Crippen LogP contribution in [0.3, 0.4) is 0 Å². The summed E-state index contributed by atoms with van der Waals surface area (Å²) in [5, 5.41) is 0. The molecule has 3 aromatic carbocycles. The number of ether oxygens (including phenoxy) is 1. The summed E-state index contributed by atoms with van der Waals surface area (Å²) in [4.78, 5) is 0.298. The molecule has 0 spiro atoms. The number of rotatable bonds is 6. The minimum Gasteiger partial charge on any atom is -0.488 e. The van der Waals surface area contributed by atoms with Crippen molar-refractivity contribution in [2.45, 2.75) is 18.0 Å². The predicted octanol–water partition coefficient (Wildman–Crippen LogP) is 4.22. The molecule has 0 amide bonds. The summed E-state index contributed by atoms with van der Waals surface area (Å²) in [6, 6.07) is 22.6. The predicted molar refractivity (Wildman–Crippen MR) is 111 cm³/mol. The fourth-order valence-electron chi connectivity index (χ4n) is 2.67. The molecule has 0 unspecified atom stereocenters. The Morgan fingerprint density at radius 1 is 0.889 bits per heavy atom. The molecule has 0 aliphatic rings. The lowest BCUT2D eigenvalue weighted by atomic mass is 10.0. The number of benzene rings is 3. The number of halogens is 1. The summed E-state index contributed by atoms with van der Waals surface area (Å²) >= 11 is 0. The summed E-state index contributed by atoms with van der Waals surface area (Å²) in [6.07, 6.45) is 1.20. The first kappa shape index (κ1) is 21.0. The van der Waals surface area contributed by atoms with Crippen LogP contribution in [0.15, 0.2) is 77.7 Å². The van der Waals surface area contributed by atoms with E-state index in [0.29, 0.717) is 18.0 Å². The zero-order valence-electron chi connectivity index (χ0n) is 15.0. The Bertz CT molecular complexity index is 988. The van der Waals surface area contributed by atoms with Crippen LogP contribution in [0, 0.1) is 0 Å². The summed E-state index contributed by atoms with van der Waals surface area (Å²) < 4.78 is 29.3. The van der Waals surface area contributed by atoms with Gasteiger partial charge < -0.3 is 10.5 Å². The van der Waals surface area contributed by atoms with Gasteiger partial charge in [-0.05, 0) is 34.9 Å². The van der Waals surface area contributed by atoms with Gasteiger partial charge in [0.05, 0.1) is 4.90 Å². The third-order valence-electron chi connectivity index (χ3n) is 4.11.